The molecule has 1 aliphatic carbocycles. The minimum absolute atomic E-state index is 0. The third kappa shape index (κ3) is 4.06. The average Bonchev–Trinajstić information content (AvgIpc) is 3.13. The third-order valence-electron chi connectivity index (χ3n) is 5.79. The summed E-state index contributed by atoms with van der Waals surface area (Å²) in [5.74, 6) is 1.90. The molecule has 0 amide bonds. The molecule has 0 atom stereocenters. The number of methoxy groups -OCH3 is 1. The monoisotopic (exact) mass is 457 g/mol. The Morgan fingerprint density at radius 3 is 2.62 bits per heavy atom. The molecule has 0 unspecified atom stereocenters. The van der Waals surface area contributed by atoms with Crippen molar-refractivity contribution in [3.8, 4) is 23.0 Å². The zero-order chi connectivity index (χ0) is 21.5. The van der Waals surface area contributed by atoms with Crippen LogP contribution in [0.1, 0.15) is 18.5 Å². The van der Waals surface area contributed by atoms with Crippen molar-refractivity contribution in [1.82, 2.24) is 9.97 Å². The first-order valence-corrected chi connectivity index (χ1v) is 10.3. The number of halogens is 2. The number of hydrogen-bond donors (Lipinski definition) is 2. The number of ether oxygens (including phenoxy) is 3. The van der Waals surface area contributed by atoms with Gasteiger partial charge in [0.25, 0.3) is 0 Å². The van der Waals surface area contributed by atoms with Crippen LogP contribution >= 0.6 is 12.4 Å². The van der Waals surface area contributed by atoms with E-state index in [4.69, 9.17) is 19.9 Å². The number of nitrogens with two attached hydrogens (primary N) is 1. The van der Waals surface area contributed by atoms with Crippen LogP contribution in [0.15, 0.2) is 42.6 Å². The van der Waals surface area contributed by atoms with Crippen LogP contribution in [0.4, 0.5) is 4.39 Å². The number of hydrogen-bond acceptors (Lipinski definition) is 5. The fourth-order valence-corrected chi connectivity index (χ4v) is 4.11. The standard InChI is InChI=1S/C24H24FN3O3.ClH/c1-13-7-17-18(28-13)3-4-21(24(17)25)31-20-5-6-27-19-11-23(22(29-2)10-16(19)20)30-12-14-8-15(26)9-14;/h3-7,10-11,14-15,28H,8-9,12,26H2,1-2H3;1H/t14-,15+;. The molecule has 0 radical (unpaired) electrons. The number of aryl methyl sites for hydroxylation is 1. The van der Waals surface area contributed by atoms with Crippen LogP contribution in [0.2, 0.25) is 0 Å². The van der Waals surface area contributed by atoms with Gasteiger partial charge in [0.05, 0.1) is 19.2 Å². The van der Waals surface area contributed by atoms with Gasteiger partial charge in [-0.25, -0.2) is 4.39 Å². The Labute approximate surface area is 191 Å². The van der Waals surface area contributed by atoms with Gasteiger partial charge in [-0.1, -0.05) is 0 Å². The summed E-state index contributed by atoms with van der Waals surface area (Å²) >= 11 is 0. The number of nitrogens with one attached hydrogen (secondary N) is 1. The Morgan fingerprint density at radius 1 is 1.06 bits per heavy atom. The van der Waals surface area contributed by atoms with Gasteiger partial charge in [-0.05, 0) is 56.0 Å². The van der Waals surface area contributed by atoms with Crippen LogP contribution in [0.5, 0.6) is 23.0 Å². The number of nitrogens with zero attached hydrogens (tertiary/aromatic N) is 1. The molecule has 1 fully saturated rings. The summed E-state index contributed by atoms with van der Waals surface area (Å²) in [6.07, 6.45) is 3.58. The second-order valence-electron chi connectivity index (χ2n) is 8.13. The van der Waals surface area contributed by atoms with Gasteiger partial charge in [-0.2, -0.15) is 0 Å². The molecule has 4 aromatic rings. The second-order valence-corrected chi connectivity index (χ2v) is 8.13. The summed E-state index contributed by atoms with van der Waals surface area (Å²) in [4.78, 5) is 7.56. The molecule has 3 N–H and O–H groups in total. The molecule has 6 nitrogen and oxygen atoms in total. The van der Waals surface area contributed by atoms with Crippen LogP contribution in [0.25, 0.3) is 21.8 Å². The van der Waals surface area contributed by atoms with Crippen LogP contribution in [0.3, 0.4) is 0 Å². The van der Waals surface area contributed by atoms with E-state index in [1.54, 1.807) is 31.5 Å². The highest BCUT2D eigenvalue weighted by molar-refractivity contribution is 5.89. The molecule has 5 rings (SSSR count). The minimum atomic E-state index is -0.405. The van der Waals surface area contributed by atoms with Crippen molar-refractivity contribution >= 4 is 34.2 Å². The zero-order valence-corrected chi connectivity index (χ0v) is 18.7. The SMILES string of the molecule is COc1cc2c(Oc3ccc4[nH]c(C)cc4c3F)ccnc2cc1OC[C@H]1C[C@@H](N)C1.Cl. The number of rotatable bonds is 6. The number of H-pyrrole nitrogens is 1. The molecular weight excluding hydrogens is 433 g/mol. The van der Waals surface area contributed by atoms with Crippen LogP contribution in [-0.4, -0.2) is 29.7 Å². The maximum absolute atomic E-state index is 15.0. The van der Waals surface area contributed by atoms with E-state index in [0.29, 0.717) is 46.1 Å². The molecule has 0 aliphatic heterocycles. The molecular formula is C24H25ClFN3O3. The van der Waals surface area contributed by atoms with Gasteiger partial charge in [0, 0.05) is 40.3 Å². The predicted octanol–water partition coefficient (Wildman–Crippen LogP) is 5.50. The lowest BCUT2D eigenvalue weighted by atomic mass is 9.82. The van der Waals surface area contributed by atoms with E-state index in [9.17, 15) is 0 Å². The van der Waals surface area contributed by atoms with Crippen molar-refractivity contribution < 1.29 is 18.6 Å². The highest BCUT2D eigenvalue weighted by Gasteiger charge is 2.26. The first kappa shape index (κ1) is 22.2. The minimum Gasteiger partial charge on any atom is -0.493 e. The molecule has 2 aromatic heterocycles. The van der Waals surface area contributed by atoms with E-state index in [0.717, 1.165) is 24.1 Å². The van der Waals surface area contributed by atoms with Crippen LogP contribution in [-0.2, 0) is 0 Å². The molecule has 8 heteroatoms. The summed E-state index contributed by atoms with van der Waals surface area (Å²) in [6.45, 7) is 2.48. The third-order valence-corrected chi connectivity index (χ3v) is 5.79. The Morgan fingerprint density at radius 2 is 1.88 bits per heavy atom. The number of aromatic nitrogens is 2. The smallest absolute Gasteiger partial charge is 0.175 e. The van der Waals surface area contributed by atoms with Gasteiger partial charge in [0.2, 0.25) is 0 Å². The Bertz CT molecular complexity index is 1270. The molecule has 1 aliphatic rings. The molecule has 0 bridgehead atoms. The number of aromatic amines is 1. The lowest BCUT2D eigenvalue weighted by molar-refractivity contribution is 0.156. The van der Waals surface area contributed by atoms with Gasteiger partial charge in [0.15, 0.2) is 23.1 Å². The van der Waals surface area contributed by atoms with E-state index in [-0.39, 0.29) is 24.2 Å². The van der Waals surface area contributed by atoms with Crippen LogP contribution < -0.4 is 19.9 Å². The van der Waals surface area contributed by atoms with Crippen molar-refractivity contribution in [2.75, 3.05) is 13.7 Å². The number of benzene rings is 2. The van der Waals surface area contributed by atoms with Gasteiger partial charge in [-0.3, -0.25) is 4.98 Å². The van der Waals surface area contributed by atoms with E-state index in [1.807, 2.05) is 25.1 Å². The average molecular weight is 458 g/mol. The van der Waals surface area contributed by atoms with Crippen molar-refractivity contribution in [3.05, 3.63) is 54.1 Å². The maximum Gasteiger partial charge on any atom is 0.175 e. The molecule has 2 heterocycles. The van der Waals surface area contributed by atoms with Gasteiger partial charge < -0.3 is 24.9 Å². The van der Waals surface area contributed by atoms with Crippen molar-refractivity contribution in [2.24, 2.45) is 11.7 Å². The van der Waals surface area contributed by atoms with Gasteiger partial charge in [0.1, 0.15) is 5.75 Å². The fraction of sp³-hybridized carbons (Fsp3) is 0.292. The van der Waals surface area contributed by atoms with Crippen molar-refractivity contribution in [2.45, 2.75) is 25.8 Å². The second kappa shape index (κ2) is 8.84. The molecule has 1 saturated carbocycles. The fourth-order valence-electron chi connectivity index (χ4n) is 4.11. The molecule has 168 valence electrons. The summed E-state index contributed by atoms with van der Waals surface area (Å²) in [6, 6.07) is 10.8. The Hall–Kier alpha value is -3.03. The largest absolute Gasteiger partial charge is 0.493 e. The van der Waals surface area contributed by atoms with E-state index in [2.05, 4.69) is 9.97 Å². The quantitative estimate of drug-likeness (QED) is 0.399. The maximum atomic E-state index is 15.0. The summed E-state index contributed by atoms with van der Waals surface area (Å²) in [7, 11) is 1.59. The first-order valence-electron chi connectivity index (χ1n) is 10.3. The molecule has 0 saturated heterocycles. The first-order chi connectivity index (χ1) is 15.0. The predicted molar refractivity (Wildman–Crippen MR) is 125 cm³/mol. The van der Waals surface area contributed by atoms with Crippen LogP contribution in [0, 0.1) is 18.7 Å². The lowest BCUT2D eigenvalue weighted by Gasteiger charge is -2.32. The summed E-state index contributed by atoms with van der Waals surface area (Å²) < 4.78 is 32.5. The lowest BCUT2D eigenvalue weighted by Crippen LogP contribution is -2.39. The van der Waals surface area contributed by atoms with Gasteiger partial charge in [-0.15, -0.1) is 12.4 Å². The summed E-state index contributed by atoms with van der Waals surface area (Å²) in [5.41, 5.74) is 8.16. The Balaban J connectivity index is 0.00000245. The van der Waals surface area contributed by atoms with Crippen molar-refractivity contribution in [1.29, 1.82) is 0 Å². The highest BCUT2D eigenvalue weighted by Crippen LogP contribution is 2.39. The van der Waals surface area contributed by atoms with E-state index < -0.39 is 5.82 Å². The number of pyridine rings is 1. The molecule has 2 aromatic carbocycles. The number of fused-ring (bicyclic) bond motifs is 2. The molecule has 32 heavy (non-hydrogen) atoms. The highest BCUT2D eigenvalue weighted by atomic mass is 35.5. The van der Waals surface area contributed by atoms with E-state index in [1.165, 1.54) is 0 Å². The van der Waals surface area contributed by atoms with E-state index >= 15 is 4.39 Å². The molecule has 0 spiro atoms. The Kier molecular flexibility index (Phi) is 6.13. The zero-order valence-electron chi connectivity index (χ0n) is 17.9. The van der Waals surface area contributed by atoms with Gasteiger partial charge >= 0.3 is 0 Å². The van der Waals surface area contributed by atoms with Crippen molar-refractivity contribution in [3.63, 3.8) is 0 Å². The summed E-state index contributed by atoms with van der Waals surface area (Å²) in [5, 5.41) is 1.21. The topological polar surface area (TPSA) is 82.4 Å². The normalized spacial score (nSPS) is 17.6.